The number of nitrogens with one attached hydrogen (secondary N) is 1. The molecule has 1 aromatic heterocycles. The summed E-state index contributed by atoms with van der Waals surface area (Å²) in [5.74, 6) is 0.883. The molecule has 0 aliphatic heterocycles. The number of carbonyl (C=O) groups excluding carboxylic acids is 1. The van der Waals surface area contributed by atoms with Gasteiger partial charge in [-0.05, 0) is 50.3 Å². The molecule has 3 rings (SSSR count). The van der Waals surface area contributed by atoms with Gasteiger partial charge in [-0.3, -0.25) is 4.79 Å². The maximum Gasteiger partial charge on any atom is 0.223 e. The van der Waals surface area contributed by atoms with Crippen molar-refractivity contribution in [1.82, 2.24) is 10.2 Å². The minimum Gasteiger partial charge on any atom is -0.469 e. The van der Waals surface area contributed by atoms with Crippen LogP contribution in [0.2, 0.25) is 0 Å². The topological polar surface area (TPSA) is 45.5 Å². The number of hydrogen-bond donors (Lipinski definition) is 1. The Morgan fingerprint density at radius 1 is 1.35 bits per heavy atom. The average Bonchev–Trinajstić information content (AvgIpc) is 3.14. The summed E-state index contributed by atoms with van der Waals surface area (Å²) in [6, 6.07) is 10.2. The van der Waals surface area contributed by atoms with Crippen molar-refractivity contribution < 1.29 is 13.6 Å². The smallest absolute Gasteiger partial charge is 0.223 e. The van der Waals surface area contributed by atoms with Crippen LogP contribution in [0, 0.1) is 11.7 Å². The van der Waals surface area contributed by atoms with Crippen molar-refractivity contribution >= 4 is 5.91 Å². The molecule has 1 saturated carbocycles. The fraction of sp³-hybridized carbons (Fsp3) is 0.389. The van der Waals surface area contributed by atoms with E-state index in [-0.39, 0.29) is 29.6 Å². The summed E-state index contributed by atoms with van der Waals surface area (Å²) in [7, 11) is 3.89. The molecule has 1 amide bonds. The van der Waals surface area contributed by atoms with Crippen molar-refractivity contribution in [2.45, 2.75) is 18.4 Å². The van der Waals surface area contributed by atoms with Crippen LogP contribution in [0.15, 0.2) is 47.1 Å². The Kier molecular flexibility index (Phi) is 4.48. The molecule has 1 N–H and O–H groups in total. The first kappa shape index (κ1) is 15.7. The normalized spacial score (nSPS) is 21.2. The zero-order chi connectivity index (χ0) is 16.4. The van der Waals surface area contributed by atoms with Crippen LogP contribution in [0.25, 0.3) is 0 Å². The lowest BCUT2D eigenvalue weighted by Gasteiger charge is -2.25. The number of likely N-dealkylation sites (N-methyl/N-ethyl adjacent to an activating group) is 1. The molecule has 23 heavy (non-hydrogen) atoms. The third kappa shape index (κ3) is 3.62. The molecule has 5 heteroatoms. The third-order valence-electron chi connectivity index (χ3n) is 4.38. The standard InChI is InChI=1S/C18H21FN2O2/c1-21(2)16(12-5-7-13(19)8-6-12)11-20-18(22)15-10-14(15)17-4-3-9-23-17/h3-9,14-16H,10-11H2,1-2H3,(H,20,22). The second kappa shape index (κ2) is 6.54. The predicted octanol–water partition coefficient (Wildman–Crippen LogP) is 2.94. The molecule has 1 aliphatic carbocycles. The first-order valence-corrected chi connectivity index (χ1v) is 7.79. The minimum absolute atomic E-state index is 0.00261. The van der Waals surface area contributed by atoms with E-state index < -0.39 is 0 Å². The van der Waals surface area contributed by atoms with Gasteiger partial charge in [0.1, 0.15) is 11.6 Å². The van der Waals surface area contributed by atoms with Gasteiger partial charge >= 0.3 is 0 Å². The molecule has 0 bridgehead atoms. The molecule has 3 unspecified atom stereocenters. The van der Waals surface area contributed by atoms with Crippen molar-refractivity contribution in [3.8, 4) is 0 Å². The highest BCUT2D eigenvalue weighted by atomic mass is 19.1. The number of nitrogens with zero attached hydrogens (tertiary/aromatic N) is 1. The van der Waals surface area contributed by atoms with Crippen LogP contribution in [0.5, 0.6) is 0 Å². The van der Waals surface area contributed by atoms with Gasteiger partial charge in [-0.15, -0.1) is 0 Å². The lowest BCUT2D eigenvalue weighted by atomic mass is 10.1. The molecule has 1 aliphatic rings. The van der Waals surface area contributed by atoms with Gasteiger partial charge in [-0.25, -0.2) is 4.39 Å². The van der Waals surface area contributed by atoms with Gasteiger partial charge < -0.3 is 14.6 Å². The number of carbonyl (C=O) groups is 1. The second-order valence-electron chi connectivity index (χ2n) is 6.24. The van der Waals surface area contributed by atoms with E-state index in [0.29, 0.717) is 6.54 Å². The Bertz CT molecular complexity index is 652. The van der Waals surface area contributed by atoms with Crippen LogP contribution in [0.4, 0.5) is 4.39 Å². The number of benzene rings is 1. The van der Waals surface area contributed by atoms with Gasteiger partial charge in [-0.1, -0.05) is 12.1 Å². The number of furan rings is 1. The van der Waals surface area contributed by atoms with Gasteiger partial charge in [0.05, 0.1) is 12.3 Å². The number of amides is 1. The predicted molar refractivity (Wildman–Crippen MR) is 85.4 cm³/mol. The van der Waals surface area contributed by atoms with E-state index in [4.69, 9.17) is 4.42 Å². The van der Waals surface area contributed by atoms with Crippen LogP contribution in [-0.4, -0.2) is 31.4 Å². The first-order chi connectivity index (χ1) is 11.1. The molecule has 3 atom stereocenters. The fourth-order valence-corrected chi connectivity index (χ4v) is 2.91. The van der Waals surface area contributed by atoms with Gasteiger partial charge in [-0.2, -0.15) is 0 Å². The van der Waals surface area contributed by atoms with Crippen LogP contribution in [-0.2, 0) is 4.79 Å². The molecule has 1 aromatic carbocycles. The number of halogens is 1. The fourth-order valence-electron chi connectivity index (χ4n) is 2.91. The zero-order valence-electron chi connectivity index (χ0n) is 13.3. The monoisotopic (exact) mass is 316 g/mol. The molecular formula is C18H21FN2O2. The van der Waals surface area contributed by atoms with E-state index >= 15 is 0 Å². The van der Waals surface area contributed by atoms with Crippen LogP contribution in [0.1, 0.15) is 29.7 Å². The van der Waals surface area contributed by atoms with Crippen molar-refractivity contribution in [2.24, 2.45) is 5.92 Å². The van der Waals surface area contributed by atoms with E-state index in [1.54, 1.807) is 18.4 Å². The molecule has 2 aromatic rings. The van der Waals surface area contributed by atoms with Crippen molar-refractivity contribution in [2.75, 3.05) is 20.6 Å². The average molecular weight is 316 g/mol. The largest absolute Gasteiger partial charge is 0.469 e. The summed E-state index contributed by atoms with van der Waals surface area (Å²) >= 11 is 0. The molecule has 1 fully saturated rings. The van der Waals surface area contributed by atoms with Crippen molar-refractivity contribution in [3.63, 3.8) is 0 Å². The van der Waals surface area contributed by atoms with E-state index in [2.05, 4.69) is 5.32 Å². The molecular weight excluding hydrogens is 295 g/mol. The van der Waals surface area contributed by atoms with Gasteiger partial charge in [0.15, 0.2) is 0 Å². The number of hydrogen-bond acceptors (Lipinski definition) is 3. The van der Waals surface area contributed by atoms with E-state index in [1.807, 2.05) is 31.1 Å². The lowest BCUT2D eigenvalue weighted by molar-refractivity contribution is -0.122. The van der Waals surface area contributed by atoms with Crippen LogP contribution < -0.4 is 5.32 Å². The first-order valence-electron chi connectivity index (χ1n) is 7.79. The molecule has 4 nitrogen and oxygen atoms in total. The Balaban J connectivity index is 1.57. The molecule has 0 spiro atoms. The number of rotatable bonds is 6. The Morgan fingerprint density at radius 2 is 2.09 bits per heavy atom. The lowest BCUT2D eigenvalue weighted by Crippen LogP contribution is -2.35. The minimum atomic E-state index is -0.255. The summed E-state index contributed by atoms with van der Waals surface area (Å²) in [6.45, 7) is 0.499. The summed E-state index contributed by atoms with van der Waals surface area (Å²) in [6.07, 6.45) is 2.47. The highest BCUT2D eigenvalue weighted by molar-refractivity contribution is 5.82. The van der Waals surface area contributed by atoms with E-state index in [0.717, 1.165) is 17.7 Å². The maximum atomic E-state index is 13.1. The maximum absolute atomic E-state index is 13.1. The molecule has 1 heterocycles. The summed E-state index contributed by atoms with van der Waals surface area (Å²) in [5, 5.41) is 3.02. The molecule has 0 radical (unpaired) electrons. The summed E-state index contributed by atoms with van der Waals surface area (Å²) in [5.41, 5.74) is 0.982. The Labute approximate surface area is 135 Å². The van der Waals surface area contributed by atoms with Gasteiger partial charge in [0, 0.05) is 18.4 Å². The van der Waals surface area contributed by atoms with Crippen molar-refractivity contribution in [3.05, 3.63) is 59.8 Å². The Hall–Kier alpha value is -2.14. The SMILES string of the molecule is CN(C)C(CNC(=O)C1CC1c1ccco1)c1ccc(F)cc1. The zero-order valence-corrected chi connectivity index (χ0v) is 13.3. The van der Waals surface area contributed by atoms with Crippen LogP contribution >= 0.6 is 0 Å². The van der Waals surface area contributed by atoms with E-state index in [1.165, 1.54) is 12.1 Å². The Morgan fingerprint density at radius 3 is 2.70 bits per heavy atom. The van der Waals surface area contributed by atoms with Gasteiger partial charge in [0.25, 0.3) is 0 Å². The molecule has 0 saturated heterocycles. The second-order valence-corrected chi connectivity index (χ2v) is 6.24. The summed E-state index contributed by atoms with van der Waals surface area (Å²) < 4.78 is 18.4. The summed E-state index contributed by atoms with van der Waals surface area (Å²) in [4.78, 5) is 14.3. The molecule has 122 valence electrons. The van der Waals surface area contributed by atoms with Gasteiger partial charge in [0.2, 0.25) is 5.91 Å². The van der Waals surface area contributed by atoms with Crippen molar-refractivity contribution in [1.29, 1.82) is 0 Å². The van der Waals surface area contributed by atoms with Crippen LogP contribution in [0.3, 0.4) is 0 Å². The third-order valence-corrected chi connectivity index (χ3v) is 4.38. The quantitative estimate of drug-likeness (QED) is 0.891. The highest BCUT2D eigenvalue weighted by Crippen LogP contribution is 2.47. The van der Waals surface area contributed by atoms with E-state index in [9.17, 15) is 9.18 Å². The highest BCUT2D eigenvalue weighted by Gasteiger charge is 2.45.